The molecule has 1 aliphatic rings. The molecule has 0 radical (unpaired) electrons. The van der Waals surface area contributed by atoms with Gasteiger partial charge in [0, 0.05) is 24.8 Å². The van der Waals surface area contributed by atoms with Gasteiger partial charge in [0.2, 0.25) is 0 Å². The summed E-state index contributed by atoms with van der Waals surface area (Å²) in [5.74, 6) is -1.20. The quantitative estimate of drug-likeness (QED) is 0.910. The minimum absolute atomic E-state index is 0.0738. The van der Waals surface area contributed by atoms with Crippen molar-refractivity contribution >= 4 is 5.69 Å². The van der Waals surface area contributed by atoms with Crippen LogP contribution in [0.15, 0.2) is 24.3 Å². The van der Waals surface area contributed by atoms with Gasteiger partial charge < -0.3 is 10.2 Å². The van der Waals surface area contributed by atoms with E-state index in [0.717, 1.165) is 11.3 Å². The van der Waals surface area contributed by atoms with Gasteiger partial charge >= 0.3 is 6.18 Å². The second-order valence-electron chi connectivity index (χ2n) is 5.43. The van der Waals surface area contributed by atoms with E-state index in [0.29, 0.717) is 13.0 Å². The Morgan fingerprint density at radius 1 is 1.25 bits per heavy atom. The Labute approximate surface area is 118 Å². The first-order valence-electron chi connectivity index (χ1n) is 7.00. The van der Waals surface area contributed by atoms with E-state index in [4.69, 9.17) is 0 Å². The molecule has 2 unspecified atom stereocenters. The van der Waals surface area contributed by atoms with Crippen LogP contribution in [-0.4, -0.2) is 26.3 Å². The van der Waals surface area contributed by atoms with Crippen LogP contribution in [0.5, 0.6) is 0 Å². The zero-order valence-electron chi connectivity index (χ0n) is 11.9. The average molecular weight is 286 g/mol. The lowest BCUT2D eigenvalue weighted by Gasteiger charge is -2.35. The number of alkyl halides is 3. The van der Waals surface area contributed by atoms with Crippen molar-refractivity contribution in [1.82, 2.24) is 5.32 Å². The number of hydrogen-bond donors (Lipinski definition) is 1. The highest BCUT2D eigenvalue weighted by atomic mass is 19.4. The maximum atomic E-state index is 12.8. The fourth-order valence-electron chi connectivity index (χ4n) is 2.62. The van der Waals surface area contributed by atoms with Crippen LogP contribution in [0.1, 0.15) is 31.4 Å². The first kappa shape index (κ1) is 15.2. The van der Waals surface area contributed by atoms with Crippen molar-refractivity contribution in [1.29, 1.82) is 0 Å². The normalized spacial score (nSPS) is 21.9. The first-order chi connectivity index (χ1) is 9.41. The molecule has 0 aliphatic carbocycles. The highest BCUT2D eigenvalue weighted by Gasteiger charge is 2.41. The predicted molar refractivity (Wildman–Crippen MR) is 74.9 cm³/mol. The molecule has 0 bridgehead atoms. The molecule has 0 amide bonds. The molecule has 1 N–H and O–H groups in total. The molecule has 2 atom stereocenters. The topological polar surface area (TPSA) is 15.3 Å². The summed E-state index contributed by atoms with van der Waals surface area (Å²) in [6.45, 7) is 2.83. The highest BCUT2D eigenvalue weighted by Crippen LogP contribution is 2.34. The summed E-state index contributed by atoms with van der Waals surface area (Å²) in [6.07, 6.45) is -3.24. The van der Waals surface area contributed by atoms with Crippen molar-refractivity contribution < 1.29 is 13.2 Å². The first-order valence-corrected chi connectivity index (χ1v) is 7.00. The van der Waals surface area contributed by atoms with E-state index in [2.05, 4.69) is 12.2 Å². The molecule has 1 aromatic carbocycles. The maximum Gasteiger partial charge on any atom is 0.393 e. The van der Waals surface area contributed by atoms with E-state index in [1.165, 1.54) is 0 Å². The fourth-order valence-corrected chi connectivity index (χ4v) is 2.62. The molecule has 5 heteroatoms. The number of piperidine rings is 1. The third-order valence-electron chi connectivity index (χ3n) is 4.08. The number of hydrogen-bond acceptors (Lipinski definition) is 2. The van der Waals surface area contributed by atoms with Crippen molar-refractivity contribution in [3.05, 3.63) is 29.8 Å². The van der Waals surface area contributed by atoms with E-state index < -0.39 is 12.1 Å². The lowest BCUT2D eigenvalue weighted by molar-refractivity contribution is -0.175. The van der Waals surface area contributed by atoms with Crippen LogP contribution in [0.25, 0.3) is 0 Å². The smallest absolute Gasteiger partial charge is 0.371 e. The standard InChI is InChI=1S/C15H21F3N2/c1-11(19-2)12-5-7-14(8-6-12)20-9-3-4-13(10-20)15(16,17)18/h5-8,11,13,19H,3-4,9-10H2,1-2H3. The second-order valence-corrected chi connectivity index (χ2v) is 5.43. The van der Waals surface area contributed by atoms with Crippen LogP contribution in [-0.2, 0) is 0 Å². The second kappa shape index (κ2) is 6.04. The van der Waals surface area contributed by atoms with Crippen LogP contribution in [0, 0.1) is 5.92 Å². The third kappa shape index (κ3) is 3.45. The van der Waals surface area contributed by atoms with Gasteiger partial charge in [-0.1, -0.05) is 12.1 Å². The summed E-state index contributed by atoms with van der Waals surface area (Å²) in [6, 6.07) is 8.04. The highest BCUT2D eigenvalue weighted by molar-refractivity contribution is 5.48. The van der Waals surface area contributed by atoms with E-state index in [1.54, 1.807) is 0 Å². The van der Waals surface area contributed by atoms with Crippen molar-refractivity contribution in [3.63, 3.8) is 0 Å². The zero-order chi connectivity index (χ0) is 14.8. The Kier molecular flexibility index (Phi) is 4.58. The molecule has 1 aromatic rings. The van der Waals surface area contributed by atoms with Crippen molar-refractivity contribution in [2.45, 2.75) is 32.0 Å². The third-order valence-corrected chi connectivity index (χ3v) is 4.08. The van der Waals surface area contributed by atoms with E-state index in [9.17, 15) is 13.2 Å². The van der Waals surface area contributed by atoms with Gasteiger partial charge in [-0.15, -0.1) is 0 Å². The summed E-state index contributed by atoms with van der Waals surface area (Å²) in [7, 11) is 1.89. The minimum atomic E-state index is -4.08. The molecule has 20 heavy (non-hydrogen) atoms. The lowest BCUT2D eigenvalue weighted by atomic mass is 9.97. The number of halogens is 3. The summed E-state index contributed by atoms with van der Waals surface area (Å²) >= 11 is 0. The molecular formula is C15H21F3N2. The summed E-state index contributed by atoms with van der Waals surface area (Å²) in [4.78, 5) is 1.84. The monoisotopic (exact) mass is 286 g/mol. The number of nitrogens with zero attached hydrogens (tertiary/aromatic N) is 1. The molecule has 1 heterocycles. The van der Waals surface area contributed by atoms with Gasteiger partial charge in [-0.05, 0) is 44.5 Å². The number of anilines is 1. The molecule has 2 rings (SSSR count). The van der Waals surface area contributed by atoms with Crippen molar-refractivity contribution in [2.24, 2.45) is 5.92 Å². The molecule has 112 valence electrons. The number of benzene rings is 1. The largest absolute Gasteiger partial charge is 0.393 e. The van der Waals surface area contributed by atoms with Crippen LogP contribution >= 0.6 is 0 Å². The van der Waals surface area contributed by atoms with E-state index in [1.807, 2.05) is 36.2 Å². The van der Waals surface area contributed by atoms with Gasteiger partial charge in [0.1, 0.15) is 0 Å². The lowest BCUT2D eigenvalue weighted by Crippen LogP contribution is -2.41. The van der Waals surface area contributed by atoms with E-state index >= 15 is 0 Å². The van der Waals surface area contributed by atoms with Gasteiger partial charge in [0.15, 0.2) is 0 Å². The fraction of sp³-hybridized carbons (Fsp3) is 0.600. The Balaban J connectivity index is 2.07. The van der Waals surface area contributed by atoms with Gasteiger partial charge in [-0.25, -0.2) is 0 Å². The van der Waals surface area contributed by atoms with Crippen molar-refractivity contribution in [3.8, 4) is 0 Å². The predicted octanol–water partition coefficient (Wildman–Crippen LogP) is 3.75. The summed E-state index contributed by atoms with van der Waals surface area (Å²) in [5, 5.41) is 3.14. The van der Waals surface area contributed by atoms with Gasteiger partial charge in [-0.3, -0.25) is 0 Å². The average Bonchev–Trinajstić information content (AvgIpc) is 2.46. The minimum Gasteiger partial charge on any atom is -0.371 e. The molecule has 1 aliphatic heterocycles. The Bertz CT molecular complexity index is 428. The molecule has 0 saturated carbocycles. The molecule has 1 fully saturated rings. The number of rotatable bonds is 3. The van der Waals surface area contributed by atoms with Crippen LogP contribution in [0.2, 0.25) is 0 Å². The van der Waals surface area contributed by atoms with Gasteiger partial charge in [-0.2, -0.15) is 13.2 Å². The zero-order valence-corrected chi connectivity index (χ0v) is 11.9. The van der Waals surface area contributed by atoms with Crippen molar-refractivity contribution in [2.75, 3.05) is 25.0 Å². The van der Waals surface area contributed by atoms with Crippen LogP contribution in [0.4, 0.5) is 18.9 Å². The SMILES string of the molecule is CNC(C)c1ccc(N2CCCC(C(F)(F)F)C2)cc1. The molecule has 0 spiro atoms. The Morgan fingerprint density at radius 2 is 1.90 bits per heavy atom. The number of nitrogens with one attached hydrogen (secondary N) is 1. The van der Waals surface area contributed by atoms with Gasteiger partial charge in [0.05, 0.1) is 5.92 Å². The summed E-state index contributed by atoms with van der Waals surface area (Å²) < 4.78 is 38.4. The molecular weight excluding hydrogens is 265 g/mol. The Morgan fingerprint density at radius 3 is 2.45 bits per heavy atom. The van der Waals surface area contributed by atoms with E-state index in [-0.39, 0.29) is 19.0 Å². The molecule has 1 saturated heterocycles. The molecule has 2 nitrogen and oxygen atoms in total. The van der Waals surface area contributed by atoms with Gasteiger partial charge in [0.25, 0.3) is 0 Å². The maximum absolute atomic E-state index is 12.8. The molecule has 0 aromatic heterocycles. The van der Waals surface area contributed by atoms with Crippen LogP contribution in [0.3, 0.4) is 0 Å². The Hall–Kier alpha value is -1.23. The summed E-state index contributed by atoms with van der Waals surface area (Å²) in [5.41, 5.74) is 2.02. The van der Waals surface area contributed by atoms with Crippen LogP contribution < -0.4 is 10.2 Å².